The van der Waals surface area contributed by atoms with Gasteiger partial charge in [-0.05, 0) is 74.8 Å². The third kappa shape index (κ3) is 12.3. The van der Waals surface area contributed by atoms with Crippen molar-refractivity contribution >= 4 is 121 Å². The van der Waals surface area contributed by atoms with Gasteiger partial charge in [0, 0.05) is 39.6 Å². The number of amides is 2. The number of halogens is 3. The van der Waals surface area contributed by atoms with Crippen LogP contribution in [0.15, 0.2) is 0 Å². The number of rotatable bonds is 10. The Morgan fingerprint density at radius 2 is 1.40 bits per heavy atom. The van der Waals surface area contributed by atoms with E-state index in [1.165, 1.54) is 13.8 Å². The molecule has 196 valence electrons. The summed E-state index contributed by atoms with van der Waals surface area (Å²) < 4.78 is 1.74. The summed E-state index contributed by atoms with van der Waals surface area (Å²) >= 11 is 5.90. The second-order valence-electron chi connectivity index (χ2n) is 6.92. The Labute approximate surface area is 265 Å². The molecule has 1 aromatic carbocycles. The number of aliphatic hydroxyl groups is 5. The Kier molecular flexibility index (Phi) is 20.2. The van der Waals surface area contributed by atoms with E-state index in [0.29, 0.717) is 18.4 Å². The van der Waals surface area contributed by atoms with Crippen LogP contribution >= 0.6 is 67.8 Å². The maximum atomic E-state index is 11.5. The Morgan fingerprint density at radius 3 is 1.80 bits per heavy atom. The summed E-state index contributed by atoms with van der Waals surface area (Å²) in [6.45, 7) is 2.38. The molecule has 0 heterocycles. The van der Waals surface area contributed by atoms with E-state index in [0.717, 1.165) is 3.57 Å². The Balaban J connectivity index is 0. The summed E-state index contributed by atoms with van der Waals surface area (Å²) in [6, 6.07) is 0. The minimum atomic E-state index is -1.55. The van der Waals surface area contributed by atoms with Crippen molar-refractivity contribution in [3.05, 3.63) is 21.8 Å². The summed E-state index contributed by atoms with van der Waals surface area (Å²) in [7, 11) is 1.57. The first-order chi connectivity index (χ1) is 15.7. The van der Waals surface area contributed by atoms with E-state index >= 15 is 0 Å². The number of nitrogens with one attached hydrogen (secondary N) is 3. The zero-order chi connectivity index (χ0) is 26.7. The van der Waals surface area contributed by atoms with Gasteiger partial charge in [0.15, 0.2) is 0 Å². The Hall–Kier alpha value is 0.580. The van der Waals surface area contributed by atoms with Crippen molar-refractivity contribution in [3.63, 3.8) is 0 Å². The van der Waals surface area contributed by atoms with Crippen LogP contribution in [0, 0.1) is 10.7 Å². The van der Waals surface area contributed by atoms with Crippen molar-refractivity contribution in [2.75, 3.05) is 25.5 Å². The van der Waals surface area contributed by atoms with E-state index in [2.05, 4.69) is 16.0 Å². The van der Waals surface area contributed by atoms with E-state index in [9.17, 15) is 24.6 Å². The first kappa shape index (κ1) is 37.7. The van der Waals surface area contributed by atoms with Crippen LogP contribution in [0.2, 0.25) is 0 Å². The molecule has 0 saturated carbocycles. The average Bonchev–Trinajstić information content (AvgIpc) is 2.74. The summed E-state index contributed by atoms with van der Waals surface area (Å²) in [5.41, 5.74) is 1.26. The van der Waals surface area contributed by atoms with Crippen LogP contribution in [0.1, 0.15) is 29.8 Å². The van der Waals surface area contributed by atoms with E-state index in [1.807, 2.05) is 67.8 Å². The molecule has 12 nitrogen and oxygen atoms in total. The Bertz CT molecular complexity index is 880. The molecule has 0 unspecified atom stereocenters. The van der Waals surface area contributed by atoms with E-state index in [4.69, 9.17) is 20.4 Å². The number of carboxylic acid groups (broad SMARTS) is 1. The topological polar surface area (TPSA) is 209 Å². The summed E-state index contributed by atoms with van der Waals surface area (Å²) in [6.07, 6.45) is -5.65. The van der Waals surface area contributed by atoms with Crippen LogP contribution in [0.5, 0.6) is 0 Å². The van der Waals surface area contributed by atoms with E-state index in [-0.39, 0.29) is 60.0 Å². The molecular formula is C19H29I3N3NaO9. The van der Waals surface area contributed by atoms with Crippen LogP contribution in [0.4, 0.5) is 5.69 Å². The number of benzene rings is 1. The van der Waals surface area contributed by atoms with Crippen LogP contribution in [0.25, 0.3) is 0 Å². The molecule has 1 rings (SSSR count). The summed E-state index contributed by atoms with van der Waals surface area (Å²) in [5.74, 6) is -1.57. The van der Waals surface area contributed by atoms with Crippen molar-refractivity contribution in [1.29, 1.82) is 0 Å². The molecule has 0 spiro atoms. The third-order valence-corrected chi connectivity index (χ3v) is 7.64. The van der Waals surface area contributed by atoms with Crippen LogP contribution in [-0.2, 0) is 16.1 Å². The second-order valence-corrected chi connectivity index (χ2v) is 10.2. The molecule has 4 atom stereocenters. The van der Waals surface area contributed by atoms with E-state index < -0.39 is 37.0 Å². The first-order valence-electron chi connectivity index (χ1n) is 9.63. The number of carboxylic acids is 1. The van der Waals surface area contributed by atoms with Crippen molar-refractivity contribution in [1.82, 2.24) is 10.6 Å². The van der Waals surface area contributed by atoms with Gasteiger partial charge < -0.3 is 46.6 Å². The van der Waals surface area contributed by atoms with Gasteiger partial charge in [-0.1, -0.05) is 0 Å². The molecule has 0 aliphatic heterocycles. The molecule has 1 aromatic rings. The number of carbonyl (C=O) groups excluding carboxylic acids is 2. The molecule has 0 aromatic heterocycles. The molecule has 0 aliphatic rings. The average molecular weight is 847 g/mol. The number of hydrogen-bond acceptors (Lipinski definition) is 9. The van der Waals surface area contributed by atoms with Gasteiger partial charge in [-0.15, -0.1) is 0 Å². The van der Waals surface area contributed by atoms with Gasteiger partial charge in [-0.3, -0.25) is 9.59 Å². The van der Waals surface area contributed by atoms with Gasteiger partial charge in [0.05, 0.1) is 27.5 Å². The molecule has 0 saturated heterocycles. The number of likely N-dealkylation sites (N-methyl/N-ethyl adjacent to an activating group) is 1. The van der Waals surface area contributed by atoms with Gasteiger partial charge in [0.1, 0.15) is 18.3 Å². The quantitative estimate of drug-likeness (QED) is 0.101. The molecule has 35 heavy (non-hydrogen) atoms. The standard InChI is InChI=1S/C12H11I3N2O4.C7H17NO5.Na.H/c1-4(18)16-3-6-8(13)7(12(20)21)10(15)11(9(6)14)17-5(2)19;1-8-2-4(10)6(12)7(13)5(11)3-9;;/h3H2,1-2H3,(H,16,18)(H,17,19)(H,20,21);4-13H,2-3H2,1H3;;/t;4-,5+,6+,7+;;/m.0../s1. The predicted molar refractivity (Wildman–Crippen MR) is 156 cm³/mol. The predicted octanol–water partition coefficient (Wildman–Crippen LogP) is -1.21. The number of anilines is 1. The van der Waals surface area contributed by atoms with Gasteiger partial charge in [-0.2, -0.15) is 0 Å². The maximum absolute atomic E-state index is 11.5. The molecule has 0 radical (unpaired) electrons. The first-order valence-corrected chi connectivity index (χ1v) is 12.9. The van der Waals surface area contributed by atoms with Gasteiger partial charge >= 0.3 is 35.5 Å². The number of carbonyl (C=O) groups is 3. The molecule has 9 N–H and O–H groups in total. The van der Waals surface area contributed by atoms with Crippen molar-refractivity contribution in [2.24, 2.45) is 0 Å². The van der Waals surface area contributed by atoms with Gasteiger partial charge in [0.2, 0.25) is 11.8 Å². The Morgan fingerprint density at radius 1 is 0.886 bits per heavy atom. The molecule has 0 aliphatic carbocycles. The molecule has 2 amide bonds. The minimum absolute atomic E-state index is 0. The van der Waals surface area contributed by atoms with Crippen molar-refractivity contribution < 1.29 is 45.0 Å². The van der Waals surface area contributed by atoms with Crippen molar-refractivity contribution in [3.8, 4) is 0 Å². The van der Waals surface area contributed by atoms with Gasteiger partial charge in [-0.25, -0.2) is 4.79 Å². The van der Waals surface area contributed by atoms with E-state index in [1.54, 1.807) is 7.05 Å². The fraction of sp³-hybridized carbons (Fsp3) is 0.526. The molecule has 16 heteroatoms. The normalized spacial score (nSPS) is 13.8. The zero-order valence-electron chi connectivity index (χ0n) is 18.5. The van der Waals surface area contributed by atoms with Crippen LogP contribution < -0.4 is 16.0 Å². The molecular weight excluding hydrogens is 818 g/mol. The summed E-state index contributed by atoms with van der Waals surface area (Å²) in [5, 5.41) is 62.2. The fourth-order valence-corrected chi connectivity index (χ4v) is 6.73. The number of hydrogen-bond donors (Lipinski definition) is 9. The molecule has 0 fully saturated rings. The third-order valence-electron chi connectivity index (χ3n) is 4.18. The van der Waals surface area contributed by atoms with Crippen LogP contribution in [0.3, 0.4) is 0 Å². The monoisotopic (exact) mass is 847 g/mol. The van der Waals surface area contributed by atoms with Crippen molar-refractivity contribution in [2.45, 2.75) is 44.8 Å². The fourth-order valence-electron chi connectivity index (χ4n) is 2.45. The summed E-state index contributed by atoms with van der Waals surface area (Å²) in [4.78, 5) is 33.9. The second kappa shape index (κ2) is 18.8. The zero-order valence-corrected chi connectivity index (χ0v) is 24.9. The van der Waals surface area contributed by atoms with Crippen LogP contribution in [-0.4, -0.2) is 123 Å². The molecule has 0 bridgehead atoms. The van der Waals surface area contributed by atoms with Gasteiger partial charge in [0.25, 0.3) is 0 Å². The number of aromatic carboxylic acids is 1. The SMILES string of the molecule is CC(=O)NCc1c(I)c(NC(C)=O)c(I)c(C(=O)O)c1I.CNC[C@H](O)[C@@H](O)[C@H](O)[C@H](O)CO.[NaH]. The number of aliphatic hydroxyl groups excluding tert-OH is 5.